The molecule has 0 bridgehead atoms. The zero-order valence-electron chi connectivity index (χ0n) is 8.06. The number of hydrogen-bond donors (Lipinski definition) is 2. The third-order valence-corrected chi connectivity index (χ3v) is 1.78. The molecule has 1 aliphatic rings. The summed E-state index contributed by atoms with van der Waals surface area (Å²) in [6.45, 7) is -0.999. The molecule has 0 aliphatic heterocycles. The van der Waals surface area contributed by atoms with E-state index in [-0.39, 0.29) is 6.42 Å². The van der Waals surface area contributed by atoms with E-state index < -0.39 is 18.7 Å². The van der Waals surface area contributed by atoms with E-state index >= 15 is 0 Å². The predicted molar refractivity (Wildman–Crippen MR) is 45.8 cm³/mol. The molecule has 7 heteroatoms. The van der Waals surface area contributed by atoms with Gasteiger partial charge in [0.05, 0.1) is 0 Å². The van der Waals surface area contributed by atoms with E-state index in [0.29, 0.717) is 12.6 Å². The van der Waals surface area contributed by atoms with Gasteiger partial charge in [0.25, 0.3) is 0 Å². The third kappa shape index (κ3) is 7.15. The Bertz CT molecular complexity index is 216. The van der Waals surface area contributed by atoms with Crippen molar-refractivity contribution in [3.05, 3.63) is 0 Å². The summed E-state index contributed by atoms with van der Waals surface area (Å²) < 4.78 is 34.8. The fraction of sp³-hybridized carbons (Fsp3) is 0.875. The molecule has 0 unspecified atom stereocenters. The molecule has 2 N–H and O–H groups in total. The molecule has 1 rings (SSSR count). The molecule has 88 valence electrons. The lowest BCUT2D eigenvalue weighted by molar-refractivity contribution is -0.191. The standard InChI is InChI=1S/C8H13F3N2O2/c9-8(10,11)5-15-13-7(14)3-4-12-6-1-2-6/h6,12H,1-5H2,(H,13,14). The van der Waals surface area contributed by atoms with Crippen molar-refractivity contribution in [2.45, 2.75) is 31.5 Å². The quantitative estimate of drug-likeness (QED) is 0.657. The Morgan fingerprint density at radius 3 is 2.60 bits per heavy atom. The van der Waals surface area contributed by atoms with Gasteiger partial charge in [0.2, 0.25) is 5.91 Å². The van der Waals surface area contributed by atoms with Gasteiger partial charge in [-0.25, -0.2) is 5.48 Å². The van der Waals surface area contributed by atoms with Crippen LogP contribution in [0.2, 0.25) is 0 Å². The fourth-order valence-electron chi connectivity index (χ4n) is 0.927. The molecule has 1 amide bonds. The summed E-state index contributed by atoms with van der Waals surface area (Å²) in [5, 5.41) is 3.06. The van der Waals surface area contributed by atoms with Gasteiger partial charge in [-0.15, -0.1) is 0 Å². The van der Waals surface area contributed by atoms with Crippen LogP contribution in [0.5, 0.6) is 0 Å². The number of nitrogens with one attached hydrogen (secondary N) is 2. The normalized spacial score (nSPS) is 16.5. The molecule has 0 aromatic rings. The van der Waals surface area contributed by atoms with Gasteiger partial charge < -0.3 is 5.32 Å². The molecule has 0 spiro atoms. The highest BCUT2D eigenvalue weighted by Gasteiger charge is 2.28. The van der Waals surface area contributed by atoms with Crippen LogP contribution < -0.4 is 10.8 Å². The minimum atomic E-state index is -4.42. The van der Waals surface area contributed by atoms with Crippen LogP contribution in [0.4, 0.5) is 13.2 Å². The molecule has 4 nitrogen and oxygen atoms in total. The number of carbonyl (C=O) groups is 1. The summed E-state index contributed by atoms with van der Waals surface area (Å²) in [6, 6.07) is 0.480. The monoisotopic (exact) mass is 226 g/mol. The zero-order chi connectivity index (χ0) is 11.3. The molecule has 0 saturated heterocycles. The maximum atomic E-state index is 11.6. The first-order valence-electron chi connectivity index (χ1n) is 4.68. The first kappa shape index (κ1) is 12.3. The van der Waals surface area contributed by atoms with Crippen LogP contribution in [0.25, 0.3) is 0 Å². The Balaban J connectivity index is 1.93. The average Bonchev–Trinajstić information content (AvgIpc) is 2.85. The van der Waals surface area contributed by atoms with E-state index in [1.165, 1.54) is 0 Å². The molecule has 0 aromatic carbocycles. The van der Waals surface area contributed by atoms with Crippen LogP contribution >= 0.6 is 0 Å². The summed E-state index contributed by atoms with van der Waals surface area (Å²) in [7, 11) is 0. The molecule has 0 heterocycles. The number of amides is 1. The van der Waals surface area contributed by atoms with Crippen molar-refractivity contribution in [3.8, 4) is 0 Å². The molecule has 1 fully saturated rings. The molecule has 1 aliphatic carbocycles. The second-order valence-electron chi connectivity index (χ2n) is 3.41. The number of carbonyl (C=O) groups excluding carboxylic acids is 1. The summed E-state index contributed by atoms with van der Waals surface area (Å²) in [6.07, 6.45) is -2.09. The Morgan fingerprint density at radius 2 is 2.07 bits per heavy atom. The fourth-order valence-corrected chi connectivity index (χ4v) is 0.927. The highest BCUT2D eigenvalue weighted by molar-refractivity contribution is 5.74. The van der Waals surface area contributed by atoms with E-state index in [0.717, 1.165) is 12.8 Å². The SMILES string of the molecule is O=C(CCNC1CC1)NOCC(F)(F)F. The molecule has 1 saturated carbocycles. The highest BCUT2D eigenvalue weighted by atomic mass is 19.4. The van der Waals surface area contributed by atoms with Crippen molar-refractivity contribution in [1.82, 2.24) is 10.8 Å². The van der Waals surface area contributed by atoms with E-state index in [1.807, 2.05) is 0 Å². The van der Waals surface area contributed by atoms with Gasteiger partial charge >= 0.3 is 6.18 Å². The average molecular weight is 226 g/mol. The van der Waals surface area contributed by atoms with Gasteiger partial charge in [-0.1, -0.05) is 0 Å². The van der Waals surface area contributed by atoms with Crippen LogP contribution in [-0.4, -0.2) is 31.3 Å². The van der Waals surface area contributed by atoms with Gasteiger partial charge in [-0.3, -0.25) is 9.63 Å². The number of halogens is 3. The smallest absolute Gasteiger partial charge is 0.313 e. The molecule has 0 radical (unpaired) electrons. The van der Waals surface area contributed by atoms with Crippen LogP contribution in [0.15, 0.2) is 0 Å². The van der Waals surface area contributed by atoms with E-state index in [1.54, 1.807) is 5.48 Å². The maximum absolute atomic E-state index is 11.6. The van der Waals surface area contributed by atoms with Crippen molar-refractivity contribution in [2.75, 3.05) is 13.2 Å². The second kappa shape index (κ2) is 5.32. The summed E-state index contributed by atoms with van der Waals surface area (Å²) in [5.74, 6) is -0.549. The van der Waals surface area contributed by atoms with Crippen molar-refractivity contribution < 1.29 is 22.8 Å². The van der Waals surface area contributed by atoms with Crippen molar-refractivity contribution in [1.29, 1.82) is 0 Å². The molecular formula is C8H13F3N2O2. The summed E-state index contributed by atoms with van der Waals surface area (Å²) >= 11 is 0. The third-order valence-electron chi connectivity index (χ3n) is 1.78. The highest BCUT2D eigenvalue weighted by Crippen LogP contribution is 2.18. The number of hydroxylamine groups is 1. The van der Waals surface area contributed by atoms with Gasteiger partial charge in [-0.05, 0) is 12.8 Å². The van der Waals surface area contributed by atoms with Crippen LogP contribution in [-0.2, 0) is 9.63 Å². The van der Waals surface area contributed by atoms with E-state index in [4.69, 9.17) is 0 Å². The molecule has 0 aromatic heterocycles. The lowest BCUT2D eigenvalue weighted by atomic mass is 10.4. The minimum Gasteiger partial charge on any atom is -0.313 e. The second-order valence-corrected chi connectivity index (χ2v) is 3.41. The first-order valence-corrected chi connectivity index (χ1v) is 4.68. The molecule has 0 atom stereocenters. The van der Waals surface area contributed by atoms with Crippen LogP contribution in [0.3, 0.4) is 0 Å². The van der Waals surface area contributed by atoms with Crippen LogP contribution in [0, 0.1) is 0 Å². The Labute approximate surface area is 85.1 Å². The first-order chi connectivity index (χ1) is 6.97. The minimum absolute atomic E-state index is 0.119. The van der Waals surface area contributed by atoms with Crippen molar-refractivity contribution in [2.24, 2.45) is 0 Å². The summed E-state index contributed by atoms with van der Waals surface area (Å²) in [5.41, 5.74) is 1.73. The van der Waals surface area contributed by atoms with Crippen LogP contribution in [0.1, 0.15) is 19.3 Å². The van der Waals surface area contributed by atoms with E-state index in [9.17, 15) is 18.0 Å². The Hall–Kier alpha value is -0.820. The number of rotatable bonds is 6. The molecule has 15 heavy (non-hydrogen) atoms. The van der Waals surface area contributed by atoms with Crippen molar-refractivity contribution in [3.63, 3.8) is 0 Å². The molecular weight excluding hydrogens is 213 g/mol. The van der Waals surface area contributed by atoms with Gasteiger partial charge in [0, 0.05) is 19.0 Å². The van der Waals surface area contributed by atoms with Gasteiger partial charge in [0.15, 0.2) is 6.61 Å². The Kier molecular flexibility index (Phi) is 4.34. The summed E-state index contributed by atoms with van der Waals surface area (Å²) in [4.78, 5) is 14.9. The van der Waals surface area contributed by atoms with Gasteiger partial charge in [-0.2, -0.15) is 13.2 Å². The predicted octanol–water partition coefficient (Wildman–Crippen LogP) is 0.739. The maximum Gasteiger partial charge on any atom is 0.414 e. The topological polar surface area (TPSA) is 50.4 Å². The van der Waals surface area contributed by atoms with Gasteiger partial charge in [0.1, 0.15) is 0 Å². The number of alkyl halides is 3. The largest absolute Gasteiger partial charge is 0.414 e. The van der Waals surface area contributed by atoms with Crippen molar-refractivity contribution >= 4 is 5.91 Å². The Morgan fingerprint density at radius 1 is 1.40 bits per heavy atom. The lowest BCUT2D eigenvalue weighted by Crippen LogP contribution is -2.31. The lowest BCUT2D eigenvalue weighted by Gasteiger charge is -2.08. The zero-order valence-corrected chi connectivity index (χ0v) is 8.06. The number of hydrogen-bond acceptors (Lipinski definition) is 3. The van der Waals surface area contributed by atoms with E-state index in [2.05, 4.69) is 10.2 Å².